The summed E-state index contributed by atoms with van der Waals surface area (Å²) in [6.45, 7) is 0. The van der Waals surface area contributed by atoms with Crippen LogP contribution in [0.4, 0.5) is 0 Å². The van der Waals surface area contributed by atoms with Gasteiger partial charge < -0.3 is 0 Å². The molecule has 0 saturated heterocycles. The topological polar surface area (TPSA) is 0 Å². The van der Waals surface area contributed by atoms with Gasteiger partial charge in [-0.25, -0.2) is 0 Å². The summed E-state index contributed by atoms with van der Waals surface area (Å²) < 4.78 is 0. The van der Waals surface area contributed by atoms with Crippen molar-refractivity contribution in [1.29, 1.82) is 0 Å². The first-order chi connectivity index (χ1) is 29.8. The van der Waals surface area contributed by atoms with Gasteiger partial charge in [0.2, 0.25) is 0 Å². The molecule has 9 aromatic carbocycles. The van der Waals surface area contributed by atoms with Gasteiger partial charge in [0.15, 0.2) is 0 Å². The van der Waals surface area contributed by atoms with E-state index in [1.54, 1.807) is 0 Å². The first-order valence-electron chi connectivity index (χ1n) is 21.3. The molecule has 9 aromatic rings. The molecule has 6 bridgehead atoms. The summed E-state index contributed by atoms with van der Waals surface area (Å²) in [5.74, 6) is 5.43. The van der Waals surface area contributed by atoms with Crippen LogP contribution in [0, 0.1) is 17.8 Å². The van der Waals surface area contributed by atoms with Crippen molar-refractivity contribution < 1.29 is 1.43 Å². The Morgan fingerprint density at radius 2 is 0.295 bits per heavy atom. The van der Waals surface area contributed by atoms with E-state index in [4.69, 9.17) is 0 Å². The molecule has 0 nitrogen and oxygen atoms in total. The van der Waals surface area contributed by atoms with Crippen molar-refractivity contribution in [2.24, 2.45) is 0 Å². The second kappa shape index (κ2) is 14.5. The molecule has 285 valence electrons. The number of benzene rings is 9. The zero-order valence-electron chi connectivity index (χ0n) is 33.5. The van der Waals surface area contributed by atoms with Crippen molar-refractivity contribution in [2.75, 3.05) is 0 Å². The van der Waals surface area contributed by atoms with Crippen molar-refractivity contribution in [3.05, 3.63) is 336 Å². The van der Waals surface area contributed by atoms with Gasteiger partial charge in [0, 0.05) is 43.1 Å². The molecular formula is C60H41Sn. The minimum absolute atomic E-state index is 0. The monoisotopic (exact) mass is 881 g/mol. The molecule has 0 aliphatic heterocycles. The molecule has 9 aliphatic rings. The van der Waals surface area contributed by atoms with E-state index in [1.165, 1.54) is 118 Å². The number of hydrogen-bond acceptors (Lipinski definition) is 0. The molecular weight excluding hydrogens is 839 g/mol. The third kappa shape index (κ3) is 5.31. The fourth-order valence-electron chi connectivity index (χ4n) is 11.6. The van der Waals surface area contributed by atoms with Crippen molar-refractivity contribution in [3.63, 3.8) is 0 Å². The van der Waals surface area contributed by atoms with E-state index in [0.29, 0.717) is 17.8 Å². The molecule has 0 atom stereocenters. The van der Waals surface area contributed by atoms with Gasteiger partial charge in [-0.15, -0.1) is 0 Å². The van der Waals surface area contributed by atoms with E-state index < -0.39 is 0 Å². The van der Waals surface area contributed by atoms with Crippen LogP contribution in [0.2, 0.25) is 0 Å². The molecule has 0 amide bonds. The SMILES string of the molecule is [HH].[Sn].c1ccc2c(c1)[C]1c3ccccc3C2c2ccccc21.c1ccc2c(c1)[C]1c3ccccc3C2c2ccccc21.c1ccc2c(c1)[C]1c3ccccc3C2c2ccccc21. The van der Waals surface area contributed by atoms with Crippen LogP contribution in [-0.2, 0) is 0 Å². The summed E-state index contributed by atoms with van der Waals surface area (Å²) >= 11 is 0. The molecule has 18 rings (SSSR count). The van der Waals surface area contributed by atoms with Gasteiger partial charge in [0.1, 0.15) is 0 Å². The van der Waals surface area contributed by atoms with Crippen molar-refractivity contribution in [1.82, 2.24) is 0 Å². The maximum Gasteiger partial charge on any atom is 0.0638 e. The first kappa shape index (κ1) is 36.6. The second-order valence-electron chi connectivity index (χ2n) is 16.7. The van der Waals surface area contributed by atoms with Crippen LogP contribution in [0.3, 0.4) is 0 Å². The van der Waals surface area contributed by atoms with Gasteiger partial charge in [-0.3, -0.25) is 0 Å². The summed E-state index contributed by atoms with van der Waals surface area (Å²) in [7, 11) is 0. The average Bonchev–Trinajstić information content (AvgIpc) is 3.34. The molecule has 0 aromatic heterocycles. The summed E-state index contributed by atoms with van der Waals surface area (Å²) in [6, 6.07) is 79.7. The predicted octanol–water partition coefficient (Wildman–Crippen LogP) is 13.4. The van der Waals surface area contributed by atoms with Gasteiger partial charge in [-0.2, -0.15) is 0 Å². The predicted molar refractivity (Wildman–Crippen MR) is 250 cm³/mol. The smallest absolute Gasteiger partial charge is 0.0619 e. The molecule has 7 radical (unpaired) electrons. The van der Waals surface area contributed by atoms with E-state index in [-0.39, 0.29) is 25.3 Å². The molecule has 0 spiro atoms. The van der Waals surface area contributed by atoms with E-state index in [9.17, 15) is 0 Å². The Hall–Kier alpha value is -6.22. The van der Waals surface area contributed by atoms with Gasteiger partial charge in [0.05, 0.1) is 17.8 Å². The molecule has 0 unspecified atom stereocenters. The molecule has 61 heavy (non-hydrogen) atoms. The Bertz CT molecular complexity index is 2290. The maximum absolute atomic E-state index is 2.28. The molecule has 9 aliphatic carbocycles. The second-order valence-corrected chi connectivity index (χ2v) is 16.7. The molecule has 0 heterocycles. The van der Waals surface area contributed by atoms with Crippen LogP contribution in [-0.4, -0.2) is 23.9 Å². The Morgan fingerprint density at radius 3 is 0.426 bits per heavy atom. The number of rotatable bonds is 0. The zero-order valence-corrected chi connectivity index (χ0v) is 36.4. The van der Waals surface area contributed by atoms with E-state index in [0.717, 1.165) is 0 Å². The summed E-state index contributed by atoms with van der Waals surface area (Å²) in [5.41, 5.74) is 25.8. The average molecular weight is 881 g/mol. The van der Waals surface area contributed by atoms with Gasteiger partial charge in [-0.1, -0.05) is 218 Å². The van der Waals surface area contributed by atoms with E-state index in [1.807, 2.05) is 0 Å². The minimum Gasteiger partial charge on any atom is -0.0619 e. The van der Waals surface area contributed by atoms with Crippen LogP contribution >= 0.6 is 0 Å². The summed E-state index contributed by atoms with van der Waals surface area (Å²) in [6.07, 6.45) is 0. The third-order valence-electron chi connectivity index (χ3n) is 13.9. The summed E-state index contributed by atoms with van der Waals surface area (Å²) in [4.78, 5) is 0. The van der Waals surface area contributed by atoms with Crippen molar-refractivity contribution in [3.8, 4) is 0 Å². The van der Waals surface area contributed by atoms with Crippen LogP contribution in [0.1, 0.15) is 119 Å². The quantitative estimate of drug-likeness (QED) is 0.133. The largest absolute Gasteiger partial charge is 0.0638 e. The molecule has 0 saturated carbocycles. The van der Waals surface area contributed by atoms with Crippen molar-refractivity contribution >= 4 is 23.9 Å². The Kier molecular flexibility index (Phi) is 8.68. The molecule has 0 N–H and O–H groups in total. The van der Waals surface area contributed by atoms with E-state index in [2.05, 4.69) is 218 Å². The van der Waals surface area contributed by atoms with Crippen LogP contribution in [0.15, 0.2) is 218 Å². The van der Waals surface area contributed by atoms with E-state index >= 15 is 0 Å². The standard InChI is InChI=1S/3C20H13.Sn.H2/c3*1-2-8-14-13(7-1)19-15-9-3-5-11-17(15)20(14)18-12-6-4-10-16(18)19;;/h3*1-12,19H;;1H. The van der Waals surface area contributed by atoms with Crippen LogP contribution < -0.4 is 0 Å². The maximum atomic E-state index is 2.28. The fourth-order valence-corrected chi connectivity index (χ4v) is 11.6. The Balaban J connectivity index is 0.000000103. The summed E-state index contributed by atoms with van der Waals surface area (Å²) in [5, 5.41) is 0. The third-order valence-corrected chi connectivity index (χ3v) is 13.9. The fraction of sp³-hybridized carbons (Fsp3) is 0.0500. The van der Waals surface area contributed by atoms with Gasteiger partial charge in [0.25, 0.3) is 0 Å². The normalized spacial score (nSPS) is 15.3. The first-order valence-corrected chi connectivity index (χ1v) is 21.3. The Labute approximate surface area is 377 Å². The zero-order chi connectivity index (χ0) is 39.3. The van der Waals surface area contributed by atoms with Gasteiger partial charge >= 0.3 is 0 Å². The number of hydrogen-bond donors (Lipinski definition) is 0. The van der Waals surface area contributed by atoms with Crippen molar-refractivity contribution in [2.45, 2.75) is 17.8 Å². The van der Waals surface area contributed by atoms with Crippen LogP contribution in [0.25, 0.3) is 0 Å². The minimum atomic E-state index is 0. The molecule has 1 heteroatoms. The van der Waals surface area contributed by atoms with Crippen LogP contribution in [0.5, 0.6) is 0 Å². The van der Waals surface area contributed by atoms with Gasteiger partial charge in [-0.05, 0) is 100 Å². The Morgan fingerprint density at radius 1 is 0.180 bits per heavy atom. The molecule has 0 fully saturated rings.